The Kier molecular flexibility index (Phi) is 9.15. The molecule has 0 fully saturated rings. The normalized spacial score (nSPS) is 16.4. The Balaban J connectivity index is 4.81. The predicted octanol–water partition coefficient (Wildman–Crippen LogP) is 3.67. The minimum absolute atomic E-state index is 0.0442. The fourth-order valence-electron chi connectivity index (χ4n) is 1.86. The fraction of sp³-hybridized carbons (Fsp3) is 1.00. The topological polar surface area (TPSA) is 24.9 Å². The minimum atomic E-state index is 0.0442. The van der Waals surface area contributed by atoms with Crippen molar-refractivity contribution in [2.75, 3.05) is 40.3 Å². The van der Waals surface area contributed by atoms with Crippen LogP contribution in [0.2, 0.25) is 0 Å². The SMILES string of the molecule is CCN(C)CC(OOC(CN(C)CC)C(C)(C)C)C(C)(C)C. The lowest BCUT2D eigenvalue weighted by molar-refractivity contribution is -0.380. The molecule has 0 heterocycles. The van der Waals surface area contributed by atoms with E-state index in [-0.39, 0.29) is 23.0 Å². The van der Waals surface area contributed by atoms with Gasteiger partial charge in [0.25, 0.3) is 0 Å². The van der Waals surface area contributed by atoms with Crippen molar-refractivity contribution in [3.63, 3.8) is 0 Å². The quantitative estimate of drug-likeness (QED) is 0.479. The van der Waals surface area contributed by atoms with Crippen molar-refractivity contribution in [1.82, 2.24) is 9.80 Å². The van der Waals surface area contributed by atoms with E-state index in [2.05, 4.69) is 79.3 Å². The van der Waals surface area contributed by atoms with Crippen LogP contribution in [0.5, 0.6) is 0 Å². The van der Waals surface area contributed by atoms with Gasteiger partial charge in [0.2, 0.25) is 0 Å². The summed E-state index contributed by atoms with van der Waals surface area (Å²) in [6.45, 7) is 21.3. The van der Waals surface area contributed by atoms with E-state index >= 15 is 0 Å². The number of rotatable bonds is 9. The van der Waals surface area contributed by atoms with E-state index in [0.717, 1.165) is 26.2 Å². The summed E-state index contributed by atoms with van der Waals surface area (Å²) in [7, 11) is 4.24. The number of likely N-dealkylation sites (N-methyl/N-ethyl adjacent to an activating group) is 2. The van der Waals surface area contributed by atoms with E-state index in [1.54, 1.807) is 0 Å². The molecule has 2 atom stereocenters. The Morgan fingerprint density at radius 2 is 0.955 bits per heavy atom. The van der Waals surface area contributed by atoms with Gasteiger partial charge in [-0.15, -0.1) is 0 Å². The molecule has 0 aromatic rings. The summed E-state index contributed by atoms with van der Waals surface area (Å²) in [6, 6.07) is 0. The summed E-state index contributed by atoms with van der Waals surface area (Å²) >= 11 is 0. The maximum absolute atomic E-state index is 5.94. The van der Waals surface area contributed by atoms with Crippen LogP contribution in [-0.2, 0) is 9.78 Å². The van der Waals surface area contributed by atoms with Crippen LogP contribution in [0.4, 0.5) is 0 Å². The van der Waals surface area contributed by atoms with Crippen molar-refractivity contribution in [3.8, 4) is 0 Å². The first kappa shape index (κ1) is 21.8. The van der Waals surface area contributed by atoms with Crippen LogP contribution in [0.25, 0.3) is 0 Å². The van der Waals surface area contributed by atoms with Crippen LogP contribution >= 0.6 is 0 Å². The van der Waals surface area contributed by atoms with Crippen LogP contribution in [0.15, 0.2) is 0 Å². The average molecular weight is 317 g/mol. The van der Waals surface area contributed by atoms with Crippen LogP contribution < -0.4 is 0 Å². The maximum atomic E-state index is 5.94. The van der Waals surface area contributed by atoms with Gasteiger partial charge < -0.3 is 9.80 Å². The zero-order valence-electron chi connectivity index (χ0n) is 16.7. The number of nitrogens with zero attached hydrogens (tertiary/aromatic N) is 2. The molecule has 2 unspecified atom stereocenters. The smallest absolute Gasteiger partial charge is 0.110 e. The molecule has 0 saturated heterocycles. The minimum Gasteiger partial charge on any atom is -0.304 e. The predicted molar refractivity (Wildman–Crippen MR) is 95.0 cm³/mol. The van der Waals surface area contributed by atoms with Crippen molar-refractivity contribution >= 4 is 0 Å². The van der Waals surface area contributed by atoms with Gasteiger partial charge in [0.1, 0.15) is 12.2 Å². The molecule has 4 heteroatoms. The molecule has 0 N–H and O–H groups in total. The molecule has 0 saturated carbocycles. The first-order valence-electron chi connectivity index (χ1n) is 8.61. The summed E-state index contributed by atoms with van der Waals surface area (Å²) in [5.41, 5.74) is 0.0883. The molecule has 0 aromatic carbocycles. The molecule has 0 spiro atoms. The Labute approximate surface area is 139 Å². The standard InChI is InChI=1S/C18H40N2O2/c1-11-19(9)13-15(17(3,4)5)21-22-16(18(6,7)8)14-20(10)12-2/h15-16H,11-14H2,1-10H3. The van der Waals surface area contributed by atoms with E-state index in [1.807, 2.05) is 0 Å². The van der Waals surface area contributed by atoms with E-state index in [4.69, 9.17) is 9.78 Å². The first-order chi connectivity index (χ1) is 9.91. The second kappa shape index (κ2) is 9.21. The molecule has 0 bridgehead atoms. The van der Waals surface area contributed by atoms with Crippen molar-refractivity contribution in [1.29, 1.82) is 0 Å². The molecule has 0 radical (unpaired) electrons. The molecular formula is C18H40N2O2. The van der Waals surface area contributed by atoms with Gasteiger partial charge >= 0.3 is 0 Å². The van der Waals surface area contributed by atoms with E-state index in [1.165, 1.54) is 0 Å². The Morgan fingerprint density at radius 3 is 1.14 bits per heavy atom. The summed E-state index contributed by atoms with van der Waals surface area (Å²) < 4.78 is 0. The summed E-state index contributed by atoms with van der Waals surface area (Å²) in [4.78, 5) is 16.4. The van der Waals surface area contributed by atoms with Gasteiger partial charge in [0.05, 0.1) is 0 Å². The lowest BCUT2D eigenvalue weighted by Gasteiger charge is -2.37. The van der Waals surface area contributed by atoms with E-state index in [9.17, 15) is 0 Å². The molecule has 0 rings (SSSR count). The highest BCUT2D eigenvalue weighted by Gasteiger charge is 2.32. The van der Waals surface area contributed by atoms with E-state index in [0.29, 0.717) is 0 Å². The molecule has 0 aliphatic rings. The van der Waals surface area contributed by atoms with Crippen molar-refractivity contribution in [2.24, 2.45) is 10.8 Å². The first-order valence-corrected chi connectivity index (χ1v) is 8.61. The molecule has 4 nitrogen and oxygen atoms in total. The Bertz CT molecular complexity index is 264. The Morgan fingerprint density at radius 1 is 0.682 bits per heavy atom. The average Bonchev–Trinajstić information content (AvgIpc) is 2.38. The molecular weight excluding hydrogens is 276 g/mol. The van der Waals surface area contributed by atoms with E-state index < -0.39 is 0 Å². The second-order valence-electron chi connectivity index (χ2n) is 8.61. The lowest BCUT2D eigenvalue weighted by atomic mass is 9.88. The van der Waals surface area contributed by atoms with Gasteiger partial charge in [-0.2, -0.15) is 0 Å². The van der Waals surface area contributed by atoms with Crippen LogP contribution in [0, 0.1) is 10.8 Å². The highest BCUT2D eigenvalue weighted by molar-refractivity contribution is 4.78. The molecule has 22 heavy (non-hydrogen) atoms. The number of hydrogen-bond donors (Lipinski definition) is 0. The summed E-state index contributed by atoms with van der Waals surface area (Å²) in [5, 5.41) is 0. The van der Waals surface area contributed by atoms with Crippen molar-refractivity contribution < 1.29 is 9.78 Å². The van der Waals surface area contributed by atoms with Gasteiger partial charge in [-0.25, -0.2) is 9.78 Å². The molecule has 134 valence electrons. The molecule has 0 aliphatic carbocycles. The fourth-order valence-corrected chi connectivity index (χ4v) is 1.86. The summed E-state index contributed by atoms with van der Waals surface area (Å²) in [5.74, 6) is 0. The maximum Gasteiger partial charge on any atom is 0.110 e. The molecule has 0 aromatic heterocycles. The van der Waals surface area contributed by atoms with Gasteiger partial charge in [-0.3, -0.25) is 0 Å². The van der Waals surface area contributed by atoms with Gasteiger partial charge in [0, 0.05) is 13.1 Å². The zero-order chi connectivity index (χ0) is 17.6. The Hall–Kier alpha value is -0.160. The third-order valence-corrected chi connectivity index (χ3v) is 4.25. The van der Waals surface area contributed by atoms with Crippen molar-refractivity contribution in [2.45, 2.75) is 67.6 Å². The lowest BCUT2D eigenvalue weighted by Crippen LogP contribution is -2.44. The highest BCUT2D eigenvalue weighted by Crippen LogP contribution is 2.28. The van der Waals surface area contributed by atoms with Gasteiger partial charge in [0.15, 0.2) is 0 Å². The van der Waals surface area contributed by atoms with Crippen molar-refractivity contribution in [3.05, 3.63) is 0 Å². The third kappa shape index (κ3) is 8.47. The highest BCUT2D eigenvalue weighted by atomic mass is 17.2. The zero-order valence-corrected chi connectivity index (χ0v) is 16.7. The van der Waals surface area contributed by atoms with Crippen LogP contribution in [-0.4, -0.2) is 62.3 Å². The molecule has 0 aliphatic heterocycles. The summed E-state index contributed by atoms with van der Waals surface area (Å²) in [6.07, 6.45) is 0.100. The third-order valence-electron chi connectivity index (χ3n) is 4.25. The van der Waals surface area contributed by atoms with Crippen LogP contribution in [0.3, 0.4) is 0 Å². The van der Waals surface area contributed by atoms with Gasteiger partial charge in [-0.05, 0) is 38.0 Å². The molecule has 0 amide bonds. The van der Waals surface area contributed by atoms with Gasteiger partial charge in [-0.1, -0.05) is 55.4 Å². The largest absolute Gasteiger partial charge is 0.304 e. The number of hydrogen-bond acceptors (Lipinski definition) is 4. The van der Waals surface area contributed by atoms with Crippen LogP contribution in [0.1, 0.15) is 55.4 Å². The monoisotopic (exact) mass is 316 g/mol. The second-order valence-corrected chi connectivity index (χ2v) is 8.61.